The Bertz CT molecular complexity index is 1280. The van der Waals surface area contributed by atoms with Crippen LogP contribution in [0.2, 0.25) is 0 Å². The maximum Gasteiger partial charge on any atom is 0.260 e. The lowest BCUT2D eigenvalue weighted by molar-refractivity contribution is 0.0986. The zero-order valence-electron chi connectivity index (χ0n) is 21.5. The van der Waals surface area contributed by atoms with Crippen molar-refractivity contribution in [3.05, 3.63) is 42.0 Å². The minimum absolute atomic E-state index is 0. The van der Waals surface area contributed by atoms with Crippen LogP contribution in [-0.2, 0) is 10.0 Å². The summed E-state index contributed by atoms with van der Waals surface area (Å²) >= 11 is 1.36. The van der Waals surface area contributed by atoms with E-state index in [-0.39, 0.29) is 23.2 Å². The SMILES string of the molecule is COc1ccc(OC)c2sc(N(CCCN(C)C)C(=O)c3ccc(S(=O)(=O)N4CCCC4)cc3)nc12.Cl. The lowest BCUT2D eigenvalue weighted by Crippen LogP contribution is -2.33. The second-order valence-electron chi connectivity index (χ2n) is 8.89. The number of rotatable bonds is 10. The van der Waals surface area contributed by atoms with E-state index in [2.05, 4.69) is 4.90 Å². The van der Waals surface area contributed by atoms with Gasteiger partial charge in [-0.3, -0.25) is 9.69 Å². The highest BCUT2D eigenvalue weighted by Gasteiger charge is 2.28. The normalized spacial score (nSPS) is 14.1. The van der Waals surface area contributed by atoms with E-state index >= 15 is 0 Å². The van der Waals surface area contributed by atoms with Crippen LogP contribution in [0, 0.1) is 0 Å². The molecule has 0 saturated carbocycles. The summed E-state index contributed by atoms with van der Waals surface area (Å²) < 4.78 is 39.1. The third kappa shape index (κ3) is 6.18. The lowest BCUT2D eigenvalue weighted by Gasteiger charge is -2.21. The van der Waals surface area contributed by atoms with Gasteiger partial charge >= 0.3 is 0 Å². The third-order valence-electron chi connectivity index (χ3n) is 6.17. The van der Waals surface area contributed by atoms with Crippen molar-refractivity contribution in [2.75, 3.05) is 59.4 Å². The first-order valence-electron chi connectivity index (χ1n) is 11.8. The van der Waals surface area contributed by atoms with Crippen LogP contribution in [-0.4, -0.2) is 83.0 Å². The quantitative estimate of drug-likeness (QED) is 0.363. The number of carbonyl (C=O) groups is 1. The Balaban J connectivity index is 0.00000380. The largest absolute Gasteiger partial charge is 0.495 e. The molecule has 202 valence electrons. The van der Waals surface area contributed by atoms with Gasteiger partial charge in [-0.2, -0.15) is 4.31 Å². The average Bonchev–Trinajstić information content (AvgIpc) is 3.57. The molecule has 9 nitrogen and oxygen atoms in total. The minimum Gasteiger partial charge on any atom is -0.495 e. The molecule has 0 radical (unpaired) electrons. The molecule has 1 aromatic heterocycles. The Labute approximate surface area is 228 Å². The summed E-state index contributed by atoms with van der Waals surface area (Å²) in [6.07, 6.45) is 2.48. The maximum atomic E-state index is 13.7. The summed E-state index contributed by atoms with van der Waals surface area (Å²) in [7, 11) is 3.60. The molecule has 1 aliphatic heterocycles. The molecular formula is C25H33ClN4O5S2. The Morgan fingerprint density at radius 3 is 2.22 bits per heavy atom. The van der Waals surface area contributed by atoms with Crippen molar-refractivity contribution in [1.29, 1.82) is 0 Å². The standard InChI is InChI=1S/C25H32N4O5S2.ClH/c1-27(2)14-7-17-29(25-26-22-20(33-3)12-13-21(34-4)23(22)35-25)24(30)18-8-10-19(11-9-18)36(31,32)28-15-5-6-16-28;/h8-13H,5-7,14-17H2,1-4H3;1H. The first kappa shape index (κ1) is 29.1. The van der Waals surface area contributed by atoms with E-state index in [4.69, 9.17) is 14.5 Å². The Morgan fingerprint density at radius 2 is 1.62 bits per heavy atom. The number of nitrogens with zero attached hydrogens (tertiary/aromatic N) is 4. The molecular weight excluding hydrogens is 536 g/mol. The van der Waals surface area contributed by atoms with Crippen molar-refractivity contribution >= 4 is 55.0 Å². The van der Waals surface area contributed by atoms with Crippen LogP contribution < -0.4 is 14.4 Å². The Kier molecular flexibility index (Phi) is 9.76. The number of carbonyl (C=O) groups excluding carboxylic acids is 1. The molecule has 0 N–H and O–H groups in total. The van der Waals surface area contributed by atoms with Crippen molar-refractivity contribution < 1.29 is 22.7 Å². The van der Waals surface area contributed by atoms with Gasteiger partial charge in [0.15, 0.2) is 5.13 Å². The number of anilines is 1. The second-order valence-corrected chi connectivity index (χ2v) is 11.8. The number of halogens is 1. The number of hydrogen-bond donors (Lipinski definition) is 0. The van der Waals surface area contributed by atoms with E-state index in [1.807, 2.05) is 20.2 Å². The fourth-order valence-electron chi connectivity index (χ4n) is 4.22. The molecule has 37 heavy (non-hydrogen) atoms. The summed E-state index contributed by atoms with van der Waals surface area (Å²) in [6, 6.07) is 9.81. The van der Waals surface area contributed by atoms with Gasteiger partial charge in [-0.25, -0.2) is 13.4 Å². The molecule has 0 atom stereocenters. The fourth-order valence-corrected chi connectivity index (χ4v) is 6.84. The molecule has 2 heterocycles. The lowest BCUT2D eigenvalue weighted by atomic mass is 10.2. The number of sulfonamides is 1. The zero-order chi connectivity index (χ0) is 25.9. The number of thiazole rings is 1. The van der Waals surface area contributed by atoms with Crippen LogP contribution >= 0.6 is 23.7 Å². The van der Waals surface area contributed by atoms with Gasteiger partial charge in [-0.05, 0) is 76.3 Å². The molecule has 3 aromatic rings. The number of fused-ring (bicyclic) bond motifs is 1. The predicted octanol–water partition coefficient (Wildman–Crippen LogP) is 4.12. The van der Waals surface area contributed by atoms with E-state index in [1.165, 1.54) is 27.8 Å². The highest BCUT2D eigenvalue weighted by Crippen LogP contribution is 2.40. The van der Waals surface area contributed by atoms with Crippen LogP contribution in [0.1, 0.15) is 29.6 Å². The van der Waals surface area contributed by atoms with Gasteiger partial charge in [0.25, 0.3) is 5.91 Å². The van der Waals surface area contributed by atoms with Crippen LogP contribution in [0.15, 0.2) is 41.3 Å². The molecule has 4 rings (SSSR count). The number of amides is 1. The van der Waals surface area contributed by atoms with E-state index in [1.54, 1.807) is 37.3 Å². The molecule has 0 spiro atoms. The fraction of sp³-hybridized carbons (Fsp3) is 0.440. The monoisotopic (exact) mass is 568 g/mol. The zero-order valence-corrected chi connectivity index (χ0v) is 23.9. The molecule has 2 aromatic carbocycles. The van der Waals surface area contributed by atoms with E-state index in [0.29, 0.717) is 47.3 Å². The van der Waals surface area contributed by atoms with Crippen LogP contribution in [0.5, 0.6) is 11.5 Å². The third-order valence-corrected chi connectivity index (χ3v) is 9.17. The van der Waals surface area contributed by atoms with Gasteiger partial charge in [0, 0.05) is 25.2 Å². The smallest absolute Gasteiger partial charge is 0.260 e. The van der Waals surface area contributed by atoms with Gasteiger partial charge in [-0.1, -0.05) is 11.3 Å². The molecule has 1 fully saturated rings. The van der Waals surface area contributed by atoms with Gasteiger partial charge < -0.3 is 14.4 Å². The van der Waals surface area contributed by atoms with Crippen LogP contribution in [0.4, 0.5) is 5.13 Å². The molecule has 1 saturated heterocycles. The summed E-state index contributed by atoms with van der Waals surface area (Å²) in [4.78, 5) is 22.3. The molecule has 0 bridgehead atoms. The summed E-state index contributed by atoms with van der Waals surface area (Å²) in [5.41, 5.74) is 1.03. The van der Waals surface area contributed by atoms with E-state index < -0.39 is 10.0 Å². The highest BCUT2D eigenvalue weighted by molar-refractivity contribution is 7.89. The van der Waals surface area contributed by atoms with Gasteiger partial charge in [-0.15, -0.1) is 12.4 Å². The molecule has 12 heteroatoms. The molecule has 0 unspecified atom stereocenters. The summed E-state index contributed by atoms with van der Waals surface area (Å²) in [5.74, 6) is 1.02. The van der Waals surface area contributed by atoms with Crippen molar-refractivity contribution in [2.24, 2.45) is 0 Å². The van der Waals surface area contributed by atoms with Crippen LogP contribution in [0.25, 0.3) is 10.2 Å². The summed E-state index contributed by atoms with van der Waals surface area (Å²) in [5, 5.41) is 0.533. The first-order chi connectivity index (χ1) is 17.3. The van der Waals surface area contributed by atoms with Gasteiger partial charge in [0.2, 0.25) is 10.0 Å². The number of methoxy groups -OCH3 is 2. The maximum absolute atomic E-state index is 13.7. The molecule has 1 amide bonds. The number of benzene rings is 2. The van der Waals surface area contributed by atoms with Gasteiger partial charge in [0.1, 0.15) is 21.7 Å². The summed E-state index contributed by atoms with van der Waals surface area (Å²) in [6.45, 7) is 2.32. The number of ether oxygens (including phenoxy) is 2. The number of hydrogen-bond acceptors (Lipinski definition) is 8. The van der Waals surface area contributed by atoms with E-state index in [0.717, 1.165) is 30.5 Å². The van der Waals surface area contributed by atoms with Gasteiger partial charge in [0.05, 0.1) is 19.1 Å². The number of aromatic nitrogens is 1. The Hall–Kier alpha value is -2.44. The first-order valence-corrected chi connectivity index (χ1v) is 14.1. The van der Waals surface area contributed by atoms with E-state index in [9.17, 15) is 13.2 Å². The van der Waals surface area contributed by atoms with Crippen molar-refractivity contribution in [3.63, 3.8) is 0 Å². The molecule has 0 aliphatic carbocycles. The van der Waals surface area contributed by atoms with Crippen molar-refractivity contribution in [1.82, 2.24) is 14.2 Å². The predicted molar refractivity (Wildman–Crippen MR) is 149 cm³/mol. The topological polar surface area (TPSA) is 92.3 Å². The minimum atomic E-state index is -3.55. The average molecular weight is 569 g/mol. The highest BCUT2D eigenvalue weighted by atomic mass is 35.5. The second kappa shape index (κ2) is 12.4. The van der Waals surface area contributed by atoms with Crippen LogP contribution in [0.3, 0.4) is 0 Å². The van der Waals surface area contributed by atoms with Crippen molar-refractivity contribution in [3.8, 4) is 11.5 Å². The Morgan fingerprint density at radius 1 is 1.00 bits per heavy atom. The van der Waals surface area contributed by atoms with Crippen molar-refractivity contribution in [2.45, 2.75) is 24.2 Å². The molecule has 1 aliphatic rings.